The third kappa shape index (κ3) is 1.22. The van der Waals surface area contributed by atoms with E-state index in [0.29, 0.717) is 12.3 Å². The molecule has 0 aromatic carbocycles. The molecule has 3 heteroatoms. The first kappa shape index (κ1) is 8.05. The third-order valence-electron chi connectivity index (χ3n) is 2.89. The molecular formula is C9H14O3. The van der Waals surface area contributed by atoms with Crippen LogP contribution in [-0.2, 0) is 9.53 Å². The van der Waals surface area contributed by atoms with Crippen LogP contribution in [0.25, 0.3) is 0 Å². The SMILES string of the molecule is C[C@H]1C[C@H]2CC(=O)O[C@H]2[C@H](O)C1. The van der Waals surface area contributed by atoms with Crippen molar-refractivity contribution in [3.05, 3.63) is 0 Å². The van der Waals surface area contributed by atoms with Crippen LogP contribution < -0.4 is 0 Å². The molecule has 2 rings (SSSR count). The van der Waals surface area contributed by atoms with Crippen LogP contribution in [0.15, 0.2) is 0 Å². The van der Waals surface area contributed by atoms with Crippen molar-refractivity contribution in [3.63, 3.8) is 0 Å². The van der Waals surface area contributed by atoms with Crippen LogP contribution in [0.4, 0.5) is 0 Å². The summed E-state index contributed by atoms with van der Waals surface area (Å²) in [6, 6.07) is 0. The van der Waals surface area contributed by atoms with Crippen molar-refractivity contribution in [2.45, 2.75) is 38.4 Å². The summed E-state index contributed by atoms with van der Waals surface area (Å²) in [5.74, 6) is 0.658. The number of esters is 1. The van der Waals surface area contributed by atoms with E-state index in [1.54, 1.807) is 0 Å². The van der Waals surface area contributed by atoms with Gasteiger partial charge in [0.25, 0.3) is 0 Å². The minimum absolute atomic E-state index is 0.141. The van der Waals surface area contributed by atoms with Crippen LogP contribution in [0.2, 0.25) is 0 Å². The maximum Gasteiger partial charge on any atom is 0.306 e. The Morgan fingerprint density at radius 1 is 1.50 bits per heavy atom. The zero-order valence-corrected chi connectivity index (χ0v) is 7.19. The van der Waals surface area contributed by atoms with E-state index in [1.165, 1.54) is 0 Å². The van der Waals surface area contributed by atoms with Gasteiger partial charge in [0.1, 0.15) is 6.10 Å². The standard InChI is InChI=1S/C9H14O3/c1-5-2-6-4-8(11)12-9(6)7(10)3-5/h5-7,9-10H,2-4H2,1H3/t5-,6-,7+,9+/m0/s1. The van der Waals surface area contributed by atoms with Crippen molar-refractivity contribution in [2.75, 3.05) is 0 Å². The molecule has 0 radical (unpaired) electrons. The molecule has 68 valence electrons. The molecule has 4 atom stereocenters. The molecule has 0 aromatic rings. The van der Waals surface area contributed by atoms with Crippen LogP contribution in [-0.4, -0.2) is 23.3 Å². The highest BCUT2D eigenvalue weighted by Gasteiger charge is 2.43. The quantitative estimate of drug-likeness (QED) is 0.544. The molecule has 1 heterocycles. The highest BCUT2D eigenvalue weighted by molar-refractivity contribution is 5.72. The fourth-order valence-corrected chi connectivity index (χ4v) is 2.40. The molecule has 2 aliphatic rings. The second-order valence-electron chi connectivity index (χ2n) is 4.06. The number of aliphatic hydroxyl groups excluding tert-OH is 1. The highest BCUT2D eigenvalue weighted by Crippen LogP contribution is 2.37. The number of fused-ring (bicyclic) bond motifs is 1. The molecule has 0 aromatic heterocycles. The van der Waals surface area contributed by atoms with Crippen LogP contribution in [0, 0.1) is 11.8 Å². The van der Waals surface area contributed by atoms with Crippen molar-refractivity contribution >= 4 is 5.97 Å². The Hall–Kier alpha value is -0.570. The Balaban J connectivity index is 2.10. The summed E-state index contributed by atoms with van der Waals surface area (Å²) in [6.07, 6.45) is 1.67. The van der Waals surface area contributed by atoms with Crippen molar-refractivity contribution in [1.29, 1.82) is 0 Å². The van der Waals surface area contributed by atoms with E-state index < -0.39 is 6.10 Å². The number of rotatable bonds is 0. The minimum atomic E-state index is -0.426. The summed E-state index contributed by atoms with van der Waals surface area (Å²) < 4.78 is 5.04. The lowest BCUT2D eigenvalue weighted by Crippen LogP contribution is -2.38. The van der Waals surface area contributed by atoms with E-state index in [4.69, 9.17) is 4.74 Å². The van der Waals surface area contributed by atoms with Crippen molar-refractivity contribution in [3.8, 4) is 0 Å². The van der Waals surface area contributed by atoms with Crippen LogP contribution in [0.1, 0.15) is 26.2 Å². The van der Waals surface area contributed by atoms with Gasteiger partial charge in [-0.25, -0.2) is 0 Å². The lowest BCUT2D eigenvalue weighted by molar-refractivity contribution is -0.147. The van der Waals surface area contributed by atoms with E-state index >= 15 is 0 Å². The first-order chi connectivity index (χ1) is 5.66. The maximum atomic E-state index is 10.9. The molecule has 0 unspecified atom stereocenters. The predicted octanol–water partition coefficient (Wildman–Crippen LogP) is 0.709. The molecule has 1 saturated heterocycles. The Morgan fingerprint density at radius 2 is 2.25 bits per heavy atom. The lowest BCUT2D eigenvalue weighted by atomic mass is 9.78. The average Bonchev–Trinajstić information content (AvgIpc) is 2.29. The molecule has 3 nitrogen and oxygen atoms in total. The fraction of sp³-hybridized carbons (Fsp3) is 0.889. The summed E-state index contributed by atoms with van der Waals surface area (Å²) in [7, 11) is 0. The maximum absolute atomic E-state index is 10.9. The van der Waals surface area contributed by atoms with E-state index in [9.17, 15) is 9.90 Å². The van der Waals surface area contributed by atoms with Crippen molar-refractivity contribution in [2.24, 2.45) is 11.8 Å². The number of ether oxygens (including phenoxy) is 1. The number of hydrogen-bond acceptors (Lipinski definition) is 3. The predicted molar refractivity (Wildman–Crippen MR) is 42.4 cm³/mol. The van der Waals surface area contributed by atoms with Gasteiger partial charge in [0.15, 0.2) is 0 Å². The Morgan fingerprint density at radius 3 is 3.00 bits per heavy atom. The second kappa shape index (κ2) is 2.73. The van der Waals surface area contributed by atoms with Gasteiger partial charge in [-0.15, -0.1) is 0 Å². The van der Waals surface area contributed by atoms with Gasteiger partial charge >= 0.3 is 5.97 Å². The van der Waals surface area contributed by atoms with E-state index in [-0.39, 0.29) is 18.0 Å². The monoisotopic (exact) mass is 170 g/mol. The number of hydrogen-bond donors (Lipinski definition) is 1. The molecule has 1 N–H and O–H groups in total. The topological polar surface area (TPSA) is 46.5 Å². The molecule has 2 fully saturated rings. The molecule has 0 bridgehead atoms. The summed E-state index contributed by atoms with van der Waals surface area (Å²) in [5, 5.41) is 9.59. The summed E-state index contributed by atoms with van der Waals surface area (Å²) in [6.45, 7) is 2.11. The molecule has 1 aliphatic carbocycles. The minimum Gasteiger partial charge on any atom is -0.459 e. The molecular weight excluding hydrogens is 156 g/mol. The van der Waals surface area contributed by atoms with Crippen LogP contribution in [0.3, 0.4) is 0 Å². The van der Waals surface area contributed by atoms with Crippen LogP contribution in [0.5, 0.6) is 0 Å². The van der Waals surface area contributed by atoms with E-state index in [2.05, 4.69) is 6.92 Å². The second-order valence-corrected chi connectivity index (χ2v) is 4.06. The first-order valence-corrected chi connectivity index (χ1v) is 4.54. The van der Waals surface area contributed by atoms with Gasteiger partial charge in [0, 0.05) is 5.92 Å². The normalized spacial score (nSPS) is 47.0. The molecule has 1 aliphatic heterocycles. The average molecular weight is 170 g/mol. The van der Waals surface area contributed by atoms with Gasteiger partial charge in [-0.2, -0.15) is 0 Å². The van der Waals surface area contributed by atoms with E-state index in [1.807, 2.05) is 0 Å². The zero-order chi connectivity index (χ0) is 8.72. The number of aliphatic hydroxyl groups is 1. The van der Waals surface area contributed by atoms with Crippen LogP contribution >= 0.6 is 0 Å². The van der Waals surface area contributed by atoms with Gasteiger partial charge in [-0.1, -0.05) is 6.92 Å². The zero-order valence-electron chi connectivity index (χ0n) is 7.19. The molecule has 0 spiro atoms. The van der Waals surface area contributed by atoms with Gasteiger partial charge < -0.3 is 9.84 Å². The van der Waals surface area contributed by atoms with Gasteiger partial charge in [0.05, 0.1) is 12.5 Å². The van der Waals surface area contributed by atoms with Crippen molar-refractivity contribution < 1.29 is 14.6 Å². The lowest BCUT2D eigenvalue weighted by Gasteiger charge is -2.31. The van der Waals surface area contributed by atoms with Crippen molar-refractivity contribution in [1.82, 2.24) is 0 Å². The largest absolute Gasteiger partial charge is 0.459 e. The van der Waals surface area contributed by atoms with Gasteiger partial charge in [-0.3, -0.25) is 4.79 Å². The Kier molecular flexibility index (Phi) is 1.83. The summed E-state index contributed by atoms with van der Waals surface area (Å²) >= 11 is 0. The molecule has 1 saturated carbocycles. The molecule has 0 amide bonds. The number of carbonyl (C=O) groups excluding carboxylic acids is 1. The van der Waals surface area contributed by atoms with Gasteiger partial charge in [-0.05, 0) is 18.8 Å². The van der Waals surface area contributed by atoms with E-state index in [0.717, 1.165) is 12.8 Å². The summed E-state index contributed by atoms with van der Waals surface area (Å²) in [4.78, 5) is 10.9. The molecule has 12 heavy (non-hydrogen) atoms. The summed E-state index contributed by atoms with van der Waals surface area (Å²) in [5.41, 5.74) is 0. The Labute approximate surface area is 71.7 Å². The highest BCUT2D eigenvalue weighted by atomic mass is 16.6. The first-order valence-electron chi connectivity index (χ1n) is 4.54. The Bertz CT molecular complexity index is 202. The number of carbonyl (C=O) groups is 1. The smallest absolute Gasteiger partial charge is 0.306 e. The fourth-order valence-electron chi connectivity index (χ4n) is 2.40. The third-order valence-corrected chi connectivity index (χ3v) is 2.89. The van der Waals surface area contributed by atoms with Gasteiger partial charge in [0.2, 0.25) is 0 Å².